The van der Waals surface area contributed by atoms with Crippen molar-refractivity contribution < 1.29 is 14.3 Å². The highest BCUT2D eigenvalue weighted by Gasteiger charge is 2.42. The average molecular weight is 365 g/mol. The highest BCUT2D eigenvalue weighted by Crippen LogP contribution is 2.35. The molecule has 26 heavy (non-hydrogen) atoms. The number of likely N-dealkylation sites (tertiary alicyclic amines) is 1. The number of hydrogen-bond acceptors (Lipinski definition) is 4. The van der Waals surface area contributed by atoms with Crippen molar-refractivity contribution in [3.8, 4) is 0 Å². The molecule has 0 aliphatic carbocycles. The third-order valence-corrected chi connectivity index (χ3v) is 5.44. The molecular formula is C18H31N5O3. The number of amides is 2. The van der Waals surface area contributed by atoms with Gasteiger partial charge in [-0.05, 0) is 19.8 Å². The van der Waals surface area contributed by atoms with Crippen molar-refractivity contribution >= 4 is 17.8 Å². The standard InChI is InChI=1S/C18H31N5O3/c1-2-19-17(20-6-4-16(25)22-8-10-26-11-9-22)23-7-3-5-18(14-23)12-15(24)21-13-18/h2-14H2,1H3,(H,19,20)(H,21,24). The monoisotopic (exact) mass is 365 g/mol. The zero-order valence-electron chi connectivity index (χ0n) is 15.8. The van der Waals surface area contributed by atoms with E-state index in [9.17, 15) is 9.59 Å². The van der Waals surface area contributed by atoms with Gasteiger partial charge in [0.25, 0.3) is 0 Å². The van der Waals surface area contributed by atoms with Gasteiger partial charge in [0.2, 0.25) is 11.8 Å². The Morgan fingerprint density at radius 1 is 1.31 bits per heavy atom. The molecule has 1 unspecified atom stereocenters. The van der Waals surface area contributed by atoms with Crippen molar-refractivity contribution in [2.24, 2.45) is 10.4 Å². The zero-order valence-corrected chi connectivity index (χ0v) is 15.8. The van der Waals surface area contributed by atoms with Crippen LogP contribution in [0.1, 0.15) is 32.6 Å². The van der Waals surface area contributed by atoms with E-state index in [1.807, 2.05) is 4.90 Å². The third-order valence-electron chi connectivity index (χ3n) is 5.44. The fourth-order valence-electron chi connectivity index (χ4n) is 4.08. The highest BCUT2D eigenvalue weighted by molar-refractivity contribution is 5.82. The van der Waals surface area contributed by atoms with E-state index < -0.39 is 0 Å². The van der Waals surface area contributed by atoms with Gasteiger partial charge < -0.3 is 25.2 Å². The molecule has 3 heterocycles. The van der Waals surface area contributed by atoms with Gasteiger partial charge in [-0.1, -0.05) is 0 Å². The van der Waals surface area contributed by atoms with E-state index in [0.29, 0.717) is 45.7 Å². The molecule has 3 rings (SSSR count). The minimum absolute atomic E-state index is 0.0369. The molecule has 8 heteroatoms. The maximum absolute atomic E-state index is 12.3. The fourth-order valence-corrected chi connectivity index (χ4v) is 4.08. The maximum atomic E-state index is 12.3. The van der Waals surface area contributed by atoms with Gasteiger partial charge in [0, 0.05) is 57.5 Å². The van der Waals surface area contributed by atoms with Crippen LogP contribution in [0.25, 0.3) is 0 Å². The Hall–Kier alpha value is -1.83. The Bertz CT molecular complexity index is 547. The Kier molecular flexibility index (Phi) is 6.34. The summed E-state index contributed by atoms with van der Waals surface area (Å²) in [5.74, 6) is 1.17. The van der Waals surface area contributed by atoms with Crippen molar-refractivity contribution in [2.45, 2.75) is 32.6 Å². The molecule has 0 aromatic rings. The molecule has 3 saturated heterocycles. The van der Waals surface area contributed by atoms with E-state index in [4.69, 9.17) is 9.73 Å². The number of carbonyl (C=O) groups is 2. The zero-order chi connectivity index (χ0) is 18.4. The highest BCUT2D eigenvalue weighted by atomic mass is 16.5. The van der Waals surface area contributed by atoms with Crippen LogP contribution in [0.4, 0.5) is 0 Å². The Balaban J connectivity index is 1.56. The predicted molar refractivity (Wildman–Crippen MR) is 98.9 cm³/mol. The first kappa shape index (κ1) is 18.9. The van der Waals surface area contributed by atoms with Gasteiger partial charge in [-0.25, -0.2) is 0 Å². The fraction of sp³-hybridized carbons (Fsp3) is 0.833. The summed E-state index contributed by atoms with van der Waals surface area (Å²) in [5, 5.41) is 6.33. The second-order valence-corrected chi connectivity index (χ2v) is 7.46. The first-order valence-corrected chi connectivity index (χ1v) is 9.77. The summed E-state index contributed by atoms with van der Waals surface area (Å²) < 4.78 is 5.29. The summed E-state index contributed by atoms with van der Waals surface area (Å²) in [7, 11) is 0. The van der Waals surface area contributed by atoms with E-state index in [1.165, 1.54) is 0 Å². The quantitative estimate of drug-likeness (QED) is 0.532. The molecule has 0 aromatic carbocycles. The molecule has 3 fully saturated rings. The van der Waals surface area contributed by atoms with Crippen molar-refractivity contribution in [1.82, 2.24) is 20.4 Å². The molecule has 2 N–H and O–H groups in total. The minimum Gasteiger partial charge on any atom is -0.378 e. The molecule has 2 amide bonds. The lowest BCUT2D eigenvalue weighted by atomic mass is 9.79. The van der Waals surface area contributed by atoms with Crippen molar-refractivity contribution in [3.63, 3.8) is 0 Å². The lowest BCUT2D eigenvalue weighted by Crippen LogP contribution is -2.51. The first-order valence-electron chi connectivity index (χ1n) is 9.77. The number of guanidine groups is 1. The second kappa shape index (κ2) is 8.70. The summed E-state index contributed by atoms with van der Waals surface area (Å²) in [4.78, 5) is 32.8. The van der Waals surface area contributed by atoms with E-state index in [2.05, 4.69) is 22.5 Å². The Labute approximate surface area is 155 Å². The molecular weight excluding hydrogens is 334 g/mol. The molecule has 3 aliphatic rings. The average Bonchev–Trinajstić information content (AvgIpc) is 3.01. The Morgan fingerprint density at radius 2 is 2.12 bits per heavy atom. The predicted octanol–water partition coefficient (Wildman–Crippen LogP) is -0.197. The van der Waals surface area contributed by atoms with Crippen molar-refractivity contribution in [3.05, 3.63) is 0 Å². The number of hydrogen-bond donors (Lipinski definition) is 2. The number of ether oxygens (including phenoxy) is 1. The molecule has 0 radical (unpaired) electrons. The number of nitrogens with one attached hydrogen (secondary N) is 2. The van der Waals surface area contributed by atoms with Crippen molar-refractivity contribution in [2.75, 3.05) is 59.0 Å². The largest absolute Gasteiger partial charge is 0.378 e. The van der Waals surface area contributed by atoms with Crippen LogP contribution in [0.3, 0.4) is 0 Å². The van der Waals surface area contributed by atoms with Crippen LogP contribution in [-0.2, 0) is 14.3 Å². The summed E-state index contributed by atoms with van der Waals surface area (Å²) >= 11 is 0. The van der Waals surface area contributed by atoms with E-state index in [1.54, 1.807) is 0 Å². The molecule has 1 atom stereocenters. The SMILES string of the molecule is CCNC(=NCCC(=O)N1CCOCC1)N1CCCC2(CNC(=O)C2)C1. The molecule has 0 saturated carbocycles. The second-order valence-electron chi connectivity index (χ2n) is 7.46. The molecule has 0 bridgehead atoms. The third kappa shape index (κ3) is 4.66. The maximum Gasteiger partial charge on any atom is 0.224 e. The van der Waals surface area contributed by atoms with Crippen LogP contribution in [0, 0.1) is 5.41 Å². The lowest BCUT2D eigenvalue weighted by molar-refractivity contribution is -0.135. The van der Waals surface area contributed by atoms with Crippen molar-refractivity contribution in [1.29, 1.82) is 0 Å². The topological polar surface area (TPSA) is 86.3 Å². The van der Waals surface area contributed by atoms with E-state index in [-0.39, 0.29) is 17.2 Å². The van der Waals surface area contributed by atoms with Crippen LogP contribution in [0.5, 0.6) is 0 Å². The minimum atomic E-state index is 0.0369. The van der Waals surface area contributed by atoms with Gasteiger partial charge in [0.15, 0.2) is 5.96 Å². The van der Waals surface area contributed by atoms with Crippen LogP contribution < -0.4 is 10.6 Å². The number of carbonyl (C=O) groups excluding carboxylic acids is 2. The molecule has 3 aliphatic heterocycles. The molecule has 8 nitrogen and oxygen atoms in total. The number of rotatable bonds is 4. The summed E-state index contributed by atoms with van der Waals surface area (Å²) in [5.41, 5.74) is 0.0369. The Morgan fingerprint density at radius 3 is 2.81 bits per heavy atom. The summed E-state index contributed by atoms with van der Waals surface area (Å²) in [6, 6.07) is 0. The smallest absolute Gasteiger partial charge is 0.224 e. The van der Waals surface area contributed by atoms with E-state index >= 15 is 0 Å². The number of aliphatic imine (C=N–C) groups is 1. The molecule has 146 valence electrons. The van der Waals surface area contributed by atoms with Crippen LogP contribution in [0.2, 0.25) is 0 Å². The lowest BCUT2D eigenvalue weighted by Gasteiger charge is -2.40. The normalized spacial score (nSPS) is 27.0. The summed E-state index contributed by atoms with van der Waals surface area (Å²) in [6.07, 6.45) is 3.18. The molecule has 1 spiro atoms. The van der Waals surface area contributed by atoms with Gasteiger partial charge in [-0.3, -0.25) is 14.6 Å². The van der Waals surface area contributed by atoms with E-state index in [0.717, 1.165) is 45.0 Å². The van der Waals surface area contributed by atoms with Gasteiger partial charge in [-0.2, -0.15) is 0 Å². The first-order chi connectivity index (χ1) is 12.6. The number of nitrogens with zero attached hydrogens (tertiary/aromatic N) is 3. The van der Waals surface area contributed by atoms with Crippen LogP contribution in [-0.4, -0.2) is 86.6 Å². The number of piperidine rings is 1. The molecule has 0 aromatic heterocycles. The number of morpholine rings is 1. The van der Waals surface area contributed by atoms with Gasteiger partial charge in [-0.15, -0.1) is 0 Å². The van der Waals surface area contributed by atoms with Crippen LogP contribution in [0.15, 0.2) is 4.99 Å². The van der Waals surface area contributed by atoms with Crippen LogP contribution >= 0.6 is 0 Å². The van der Waals surface area contributed by atoms with Gasteiger partial charge in [0.1, 0.15) is 0 Å². The van der Waals surface area contributed by atoms with Gasteiger partial charge >= 0.3 is 0 Å². The summed E-state index contributed by atoms with van der Waals surface area (Å²) in [6.45, 7) is 8.48. The van der Waals surface area contributed by atoms with Gasteiger partial charge in [0.05, 0.1) is 19.8 Å².